The van der Waals surface area contributed by atoms with Gasteiger partial charge in [-0.15, -0.1) is 0 Å². The molecule has 0 N–H and O–H groups in total. The van der Waals surface area contributed by atoms with Gasteiger partial charge in [-0.05, 0) is 82.0 Å². The standard InChI is InChI=1S/C10H16.2C6H6.C5H10O3.C4H10.4C2H6/c1-7-2-9-4-8(1)5-10(3-7)6-9;2*1-2-4-6-5-3-1;1-4(2)8-5(6)7-3;1-4(2)3;4*1-2/h7-10H,1-6H2;2*1-6H;4H,1-3H3;4H,1-3H3;4*1-2H3. The molecule has 0 atom stereocenters. The molecule has 0 spiro atoms. The van der Waals surface area contributed by atoms with E-state index >= 15 is 0 Å². The summed E-state index contributed by atoms with van der Waals surface area (Å²) in [5.41, 5.74) is 0. The number of hydrogen-bond acceptors (Lipinski definition) is 3. The average Bonchev–Trinajstić information content (AvgIpc) is 3.03. The van der Waals surface area contributed by atoms with Crippen LogP contribution in [0.4, 0.5) is 4.79 Å². The molecule has 3 nitrogen and oxygen atoms in total. The van der Waals surface area contributed by atoms with Crippen LogP contribution in [0.25, 0.3) is 0 Å². The van der Waals surface area contributed by atoms with Crippen LogP contribution in [-0.2, 0) is 9.47 Å². The first-order valence-electron chi connectivity index (χ1n) is 17.0. The summed E-state index contributed by atoms with van der Waals surface area (Å²) in [6.45, 7) is 26.0. The highest BCUT2D eigenvalue weighted by Crippen LogP contribution is 2.53. The Labute approximate surface area is 264 Å². The van der Waals surface area contributed by atoms with Crippen molar-refractivity contribution in [1.29, 1.82) is 0 Å². The number of carbonyl (C=O) groups excluding carboxylic acids is 1. The lowest BCUT2D eigenvalue weighted by atomic mass is 9.56. The zero-order chi connectivity index (χ0) is 33.2. The molecule has 2 aromatic carbocycles. The van der Waals surface area contributed by atoms with E-state index in [1.54, 1.807) is 52.4 Å². The molecule has 42 heavy (non-hydrogen) atoms. The van der Waals surface area contributed by atoms with Crippen LogP contribution in [0, 0.1) is 29.6 Å². The van der Waals surface area contributed by atoms with Gasteiger partial charge in [0.2, 0.25) is 0 Å². The summed E-state index contributed by atoms with van der Waals surface area (Å²) in [7, 11) is 1.28. The van der Waals surface area contributed by atoms with Gasteiger partial charge in [0.25, 0.3) is 0 Å². The number of carbonyl (C=O) groups is 1. The second-order valence-electron chi connectivity index (χ2n) is 10.5. The average molecular weight is 589 g/mol. The summed E-state index contributed by atoms with van der Waals surface area (Å²) in [4.78, 5) is 10.2. The highest BCUT2D eigenvalue weighted by atomic mass is 16.7. The lowest BCUT2D eigenvalue weighted by molar-refractivity contribution is 0.0198. The topological polar surface area (TPSA) is 35.5 Å². The molecule has 3 heteroatoms. The predicted octanol–water partition coefficient (Wildman–Crippen LogP) is 13.2. The van der Waals surface area contributed by atoms with Crippen molar-refractivity contribution in [3.63, 3.8) is 0 Å². The maximum atomic E-state index is 10.2. The Bertz CT molecular complexity index is 569. The SMILES string of the molecule is C1C2CC3CC1CC(C2)C3.CC.CC.CC.CC.CC(C)C.COC(=O)OC(C)C.c1ccccc1.c1ccccc1. The molecule has 246 valence electrons. The van der Waals surface area contributed by atoms with E-state index in [1.807, 2.05) is 128 Å². The number of ether oxygens (including phenoxy) is 2. The Morgan fingerprint density at radius 3 is 0.738 bits per heavy atom. The molecule has 0 unspecified atom stereocenters. The fourth-order valence-corrected chi connectivity index (χ4v) is 4.99. The van der Waals surface area contributed by atoms with Crippen LogP contribution in [0.1, 0.15) is 129 Å². The molecule has 0 aliphatic heterocycles. The van der Waals surface area contributed by atoms with Gasteiger partial charge in [-0.3, -0.25) is 0 Å². The molecule has 4 bridgehead atoms. The quantitative estimate of drug-likeness (QED) is 0.311. The highest BCUT2D eigenvalue weighted by Gasteiger charge is 2.41. The predicted molar refractivity (Wildman–Crippen MR) is 189 cm³/mol. The number of benzene rings is 2. The molecular formula is C39H72O3. The highest BCUT2D eigenvalue weighted by molar-refractivity contribution is 5.59. The minimum absolute atomic E-state index is 0.0950. The molecule has 0 saturated heterocycles. The molecular weight excluding hydrogens is 516 g/mol. The van der Waals surface area contributed by atoms with E-state index in [1.165, 1.54) is 30.8 Å². The van der Waals surface area contributed by atoms with Crippen molar-refractivity contribution in [1.82, 2.24) is 0 Å². The normalized spacial score (nSPS) is 19.1. The monoisotopic (exact) mass is 589 g/mol. The second-order valence-corrected chi connectivity index (χ2v) is 10.5. The zero-order valence-corrected chi connectivity index (χ0v) is 30.4. The van der Waals surface area contributed by atoms with Crippen molar-refractivity contribution in [2.45, 2.75) is 135 Å². The van der Waals surface area contributed by atoms with Crippen molar-refractivity contribution in [2.75, 3.05) is 7.11 Å². The summed E-state index contributed by atoms with van der Waals surface area (Å²) < 4.78 is 8.74. The third-order valence-corrected chi connectivity index (χ3v) is 5.83. The van der Waals surface area contributed by atoms with Crippen LogP contribution in [0.5, 0.6) is 0 Å². The number of rotatable bonds is 1. The Hall–Kier alpha value is -2.29. The molecule has 0 aromatic heterocycles. The van der Waals surface area contributed by atoms with Crippen molar-refractivity contribution >= 4 is 6.16 Å². The molecule has 4 aliphatic carbocycles. The summed E-state index contributed by atoms with van der Waals surface area (Å²) in [5.74, 6) is 5.54. The van der Waals surface area contributed by atoms with Gasteiger partial charge in [0.05, 0.1) is 13.2 Å². The summed E-state index contributed by atoms with van der Waals surface area (Å²) in [6.07, 6.45) is 8.91. The minimum Gasteiger partial charge on any atom is -0.438 e. The smallest absolute Gasteiger partial charge is 0.438 e. The number of hydrogen-bond donors (Lipinski definition) is 0. The molecule has 4 aliphatic rings. The van der Waals surface area contributed by atoms with E-state index in [0.29, 0.717) is 0 Å². The van der Waals surface area contributed by atoms with Gasteiger partial charge in [0.15, 0.2) is 0 Å². The summed E-state index contributed by atoms with van der Waals surface area (Å²) >= 11 is 0. The first kappa shape index (κ1) is 46.7. The van der Waals surface area contributed by atoms with E-state index in [9.17, 15) is 4.79 Å². The van der Waals surface area contributed by atoms with Gasteiger partial charge in [-0.1, -0.05) is 149 Å². The fraction of sp³-hybridized carbons (Fsp3) is 0.667. The molecule has 2 aromatic rings. The molecule has 0 radical (unpaired) electrons. The lowest BCUT2D eigenvalue weighted by Gasteiger charge is -2.49. The number of methoxy groups -OCH3 is 1. The van der Waals surface area contributed by atoms with Crippen LogP contribution in [0.15, 0.2) is 72.8 Å². The van der Waals surface area contributed by atoms with Crippen molar-refractivity contribution in [3.05, 3.63) is 72.8 Å². The fourth-order valence-electron chi connectivity index (χ4n) is 4.99. The molecule has 4 saturated carbocycles. The maximum Gasteiger partial charge on any atom is 0.508 e. The molecule has 0 amide bonds. The lowest BCUT2D eigenvalue weighted by Crippen LogP contribution is -2.38. The Balaban J connectivity index is -0.000000208. The van der Waals surface area contributed by atoms with Gasteiger partial charge < -0.3 is 9.47 Å². The third-order valence-electron chi connectivity index (χ3n) is 5.83. The van der Waals surface area contributed by atoms with Crippen LogP contribution >= 0.6 is 0 Å². The Morgan fingerprint density at radius 2 is 0.643 bits per heavy atom. The largest absolute Gasteiger partial charge is 0.508 e. The van der Waals surface area contributed by atoms with E-state index in [-0.39, 0.29) is 6.10 Å². The van der Waals surface area contributed by atoms with Gasteiger partial charge in [-0.25, -0.2) is 4.79 Å². The van der Waals surface area contributed by atoms with Crippen molar-refractivity contribution in [2.24, 2.45) is 29.6 Å². The second kappa shape index (κ2) is 36.7. The van der Waals surface area contributed by atoms with Crippen LogP contribution in [0.3, 0.4) is 0 Å². The first-order valence-corrected chi connectivity index (χ1v) is 17.0. The Kier molecular flexibility index (Phi) is 40.8. The van der Waals surface area contributed by atoms with Gasteiger partial charge in [0.1, 0.15) is 0 Å². The van der Waals surface area contributed by atoms with Crippen molar-refractivity contribution in [3.8, 4) is 0 Å². The van der Waals surface area contributed by atoms with Crippen LogP contribution < -0.4 is 0 Å². The maximum absolute atomic E-state index is 10.2. The molecule has 0 heterocycles. The van der Waals surface area contributed by atoms with E-state index in [2.05, 4.69) is 30.2 Å². The van der Waals surface area contributed by atoms with Gasteiger partial charge in [-0.2, -0.15) is 0 Å². The molecule has 6 rings (SSSR count). The van der Waals surface area contributed by atoms with E-state index in [4.69, 9.17) is 0 Å². The first-order chi connectivity index (χ1) is 20.3. The van der Waals surface area contributed by atoms with Crippen LogP contribution in [-0.4, -0.2) is 19.4 Å². The zero-order valence-electron chi connectivity index (χ0n) is 30.4. The molecule has 4 fully saturated rings. The summed E-state index contributed by atoms with van der Waals surface area (Å²) in [5, 5.41) is 0. The van der Waals surface area contributed by atoms with Gasteiger partial charge in [0, 0.05) is 0 Å². The van der Waals surface area contributed by atoms with Crippen molar-refractivity contribution < 1.29 is 14.3 Å². The van der Waals surface area contributed by atoms with E-state index in [0.717, 1.165) is 5.92 Å². The third kappa shape index (κ3) is 32.2. The van der Waals surface area contributed by atoms with E-state index < -0.39 is 6.16 Å². The van der Waals surface area contributed by atoms with Gasteiger partial charge >= 0.3 is 6.16 Å². The minimum atomic E-state index is -0.625. The Morgan fingerprint density at radius 1 is 0.476 bits per heavy atom. The van der Waals surface area contributed by atoms with Crippen LogP contribution in [0.2, 0.25) is 0 Å². The summed E-state index contributed by atoms with van der Waals surface area (Å²) in [6, 6.07) is 24.0.